The molecule has 0 atom stereocenters. The van der Waals surface area contributed by atoms with E-state index in [4.69, 9.17) is 0 Å². The van der Waals surface area contributed by atoms with E-state index in [0.717, 1.165) is 26.2 Å². The highest BCUT2D eigenvalue weighted by molar-refractivity contribution is 5.85. The molecule has 0 aromatic heterocycles. The van der Waals surface area contributed by atoms with E-state index < -0.39 is 0 Å². The molecule has 4 heteroatoms. The Balaban J connectivity index is -0.000000405. The maximum Gasteiger partial charge on any atom is 0.0158 e. The molecule has 1 N–H and O–H groups in total. The molecule has 12 heavy (non-hydrogen) atoms. The molecular weight excluding hydrogens is 195 g/mol. The van der Waals surface area contributed by atoms with E-state index in [-0.39, 0.29) is 24.8 Å². The van der Waals surface area contributed by atoms with Crippen LogP contribution in [0.2, 0.25) is 0 Å². The number of nitrogens with one attached hydrogen (secondary N) is 1. The molecule has 0 aromatic rings. The van der Waals surface area contributed by atoms with Crippen molar-refractivity contribution in [2.24, 2.45) is 0 Å². The third-order valence-corrected chi connectivity index (χ3v) is 1.36. The molecule has 0 radical (unpaired) electrons. The lowest BCUT2D eigenvalue weighted by molar-refractivity contribution is 0.367. The minimum atomic E-state index is 0. The highest BCUT2D eigenvalue weighted by atomic mass is 35.5. The molecule has 0 spiro atoms. The molecule has 0 bridgehead atoms. The van der Waals surface area contributed by atoms with E-state index in [0.29, 0.717) is 0 Å². The van der Waals surface area contributed by atoms with Crippen LogP contribution in [0.5, 0.6) is 0 Å². The van der Waals surface area contributed by atoms with Crippen LogP contribution >= 0.6 is 24.8 Å². The molecule has 0 saturated carbocycles. The Morgan fingerprint density at radius 2 is 2.00 bits per heavy atom. The third kappa shape index (κ3) is 12.9. The van der Waals surface area contributed by atoms with Gasteiger partial charge >= 0.3 is 0 Å². The standard InChI is InChI=1S/C8H18N2.2ClH/c1-4-7-10(3)8-6-9-5-2;;/h4,9H,1,5-8H2,2-3H3;2*1H. The molecule has 2 nitrogen and oxygen atoms in total. The lowest BCUT2D eigenvalue weighted by atomic mass is 10.5. The molecule has 0 aliphatic carbocycles. The van der Waals surface area contributed by atoms with Gasteiger partial charge in [0.2, 0.25) is 0 Å². The maximum atomic E-state index is 3.67. The first-order valence-electron chi connectivity index (χ1n) is 3.81. The van der Waals surface area contributed by atoms with Crippen LogP contribution in [0.25, 0.3) is 0 Å². The molecule has 0 heterocycles. The third-order valence-electron chi connectivity index (χ3n) is 1.36. The van der Waals surface area contributed by atoms with Crippen molar-refractivity contribution in [1.82, 2.24) is 10.2 Å². The smallest absolute Gasteiger partial charge is 0.0158 e. The summed E-state index contributed by atoms with van der Waals surface area (Å²) in [5.74, 6) is 0. The monoisotopic (exact) mass is 214 g/mol. The van der Waals surface area contributed by atoms with Crippen molar-refractivity contribution in [3.05, 3.63) is 12.7 Å². The van der Waals surface area contributed by atoms with E-state index in [1.54, 1.807) is 0 Å². The van der Waals surface area contributed by atoms with E-state index in [1.807, 2.05) is 6.08 Å². The molecule has 0 amide bonds. The number of nitrogens with zero attached hydrogens (tertiary/aromatic N) is 1. The van der Waals surface area contributed by atoms with Gasteiger partial charge in [0.1, 0.15) is 0 Å². The summed E-state index contributed by atoms with van der Waals surface area (Å²) >= 11 is 0. The Bertz CT molecular complexity index is 89.1. The molecule has 0 aliphatic heterocycles. The van der Waals surface area contributed by atoms with Crippen molar-refractivity contribution in [2.45, 2.75) is 6.92 Å². The predicted molar refractivity (Wildman–Crippen MR) is 60.7 cm³/mol. The normalized spacial score (nSPS) is 8.58. The minimum absolute atomic E-state index is 0. The molecule has 0 aromatic carbocycles. The molecule has 0 unspecified atom stereocenters. The molecule has 0 rings (SSSR count). The average molecular weight is 215 g/mol. The van der Waals surface area contributed by atoms with Crippen molar-refractivity contribution in [3.63, 3.8) is 0 Å². The second-order valence-corrected chi connectivity index (χ2v) is 2.40. The summed E-state index contributed by atoms with van der Waals surface area (Å²) < 4.78 is 0. The van der Waals surface area contributed by atoms with Gasteiger partial charge in [-0.2, -0.15) is 0 Å². The van der Waals surface area contributed by atoms with Crippen LogP contribution in [0, 0.1) is 0 Å². The Morgan fingerprint density at radius 1 is 1.42 bits per heavy atom. The fraction of sp³-hybridized carbons (Fsp3) is 0.750. The number of halogens is 2. The first kappa shape index (κ1) is 18.1. The van der Waals surface area contributed by atoms with Crippen LogP contribution in [0.3, 0.4) is 0 Å². The van der Waals surface area contributed by atoms with Gasteiger partial charge in [-0.1, -0.05) is 13.0 Å². The summed E-state index contributed by atoms with van der Waals surface area (Å²) in [5, 5.41) is 3.26. The number of likely N-dealkylation sites (N-methyl/N-ethyl adjacent to an activating group) is 2. The molecule has 0 fully saturated rings. The molecule has 76 valence electrons. The van der Waals surface area contributed by atoms with E-state index in [9.17, 15) is 0 Å². The lowest BCUT2D eigenvalue weighted by Crippen LogP contribution is -2.29. The van der Waals surface area contributed by atoms with Crippen LogP contribution in [-0.4, -0.2) is 38.1 Å². The fourth-order valence-electron chi connectivity index (χ4n) is 0.758. The van der Waals surface area contributed by atoms with Crippen LogP contribution in [0.15, 0.2) is 12.7 Å². The van der Waals surface area contributed by atoms with Crippen molar-refractivity contribution in [1.29, 1.82) is 0 Å². The topological polar surface area (TPSA) is 15.3 Å². The highest BCUT2D eigenvalue weighted by Crippen LogP contribution is 1.79. The van der Waals surface area contributed by atoms with Crippen molar-refractivity contribution >= 4 is 24.8 Å². The van der Waals surface area contributed by atoms with Crippen LogP contribution in [-0.2, 0) is 0 Å². The van der Waals surface area contributed by atoms with Crippen LogP contribution < -0.4 is 5.32 Å². The van der Waals surface area contributed by atoms with Crippen molar-refractivity contribution in [3.8, 4) is 0 Å². The van der Waals surface area contributed by atoms with E-state index in [1.165, 1.54) is 0 Å². The summed E-state index contributed by atoms with van der Waals surface area (Å²) in [4.78, 5) is 2.23. The Kier molecular flexibility index (Phi) is 20.8. The maximum absolute atomic E-state index is 3.67. The largest absolute Gasteiger partial charge is 0.316 e. The number of hydrogen-bond donors (Lipinski definition) is 1. The van der Waals surface area contributed by atoms with E-state index >= 15 is 0 Å². The van der Waals surface area contributed by atoms with Gasteiger partial charge in [0.15, 0.2) is 0 Å². The number of hydrogen-bond acceptors (Lipinski definition) is 2. The van der Waals surface area contributed by atoms with Crippen LogP contribution in [0.1, 0.15) is 6.92 Å². The Labute approximate surface area is 88.2 Å². The molecule has 0 aliphatic rings. The van der Waals surface area contributed by atoms with Gasteiger partial charge in [0, 0.05) is 19.6 Å². The SMILES string of the molecule is C=CCN(C)CCNCC.Cl.Cl. The summed E-state index contributed by atoms with van der Waals surface area (Å²) in [6, 6.07) is 0. The number of rotatable bonds is 6. The summed E-state index contributed by atoms with van der Waals surface area (Å²) in [5.41, 5.74) is 0. The quantitative estimate of drug-likeness (QED) is 0.534. The van der Waals surface area contributed by atoms with Crippen molar-refractivity contribution < 1.29 is 0 Å². The summed E-state index contributed by atoms with van der Waals surface area (Å²) in [6.07, 6.45) is 1.92. The van der Waals surface area contributed by atoms with Gasteiger partial charge in [0.25, 0.3) is 0 Å². The summed E-state index contributed by atoms with van der Waals surface area (Å²) in [7, 11) is 2.10. The Morgan fingerprint density at radius 3 is 2.42 bits per heavy atom. The molecular formula is C8H20Cl2N2. The first-order chi connectivity index (χ1) is 4.81. The summed E-state index contributed by atoms with van der Waals surface area (Å²) in [6.45, 7) is 9.99. The predicted octanol–water partition coefficient (Wildman–Crippen LogP) is 1.56. The second-order valence-electron chi connectivity index (χ2n) is 2.40. The zero-order valence-electron chi connectivity index (χ0n) is 7.88. The fourth-order valence-corrected chi connectivity index (χ4v) is 0.758. The van der Waals surface area contributed by atoms with Crippen LogP contribution in [0.4, 0.5) is 0 Å². The highest BCUT2D eigenvalue weighted by Gasteiger charge is 1.91. The zero-order valence-corrected chi connectivity index (χ0v) is 9.51. The van der Waals surface area contributed by atoms with Gasteiger partial charge in [-0.05, 0) is 13.6 Å². The van der Waals surface area contributed by atoms with Gasteiger partial charge in [-0.3, -0.25) is 0 Å². The van der Waals surface area contributed by atoms with Crippen molar-refractivity contribution in [2.75, 3.05) is 33.2 Å². The van der Waals surface area contributed by atoms with Gasteiger partial charge in [-0.15, -0.1) is 31.4 Å². The second kappa shape index (κ2) is 13.8. The zero-order chi connectivity index (χ0) is 7.82. The first-order valence-corrected chi connectivity index (χ1v) is 3.81. The average Bonchev–Trinajstić information content (AvgIpc) is 1.89. The lowest BCUT2D eigenvalue weighted by Gasteiger charge is -2.13. The van der Waals surface area contributed by atoms with Gasteiger partial charge in [0.05, 0.1) is 0 Å². The van der Waals surface area contributed by atoms with Gasteiger partial charge < -0.3 is 10.2 Å². The Hall–Kier alpha value is 0.240. The van der Waals surface area contributed by atoms with E-state index in [2.05, 4.69) is 30.8 Å². The van der Waals surface area contributed by atoms with Gasteiger partial charge in [-0.25, -0.2) is 0 Å². The molecule has 0 saturated heterocycles. The minimum Gasteiger partial charge on any atom is -0.316 e.